The molecule has 1 fully saturated rings. The van der Waals surface area contributed by atoms with Gasteiger partial charge in [0.25, 0.3) is 5.91 Å². The van der Waals surface area contributed by atoms with Gasteiger partial charge in [0.1, 0.15) is 0 Å². The van der Waals surface area contributed by atoms with Crippen molar-refractivity contribution in [1.29, 1.82) is 0 Å². The number of piperidine rings is 1. The second-order valence-electron chi connectivity index (χ2n) is 7.50. The number of fused-ring (bicyclic) bond motifs is 2. The molecule has 0 saturated carbocycles. The van der Waals surface area contributed by atoms with E-state index < -0.39 is 0 Å². The molecule has 2 amide bonds. The van der Waals surface area contributed by atoms with E-state index in [-0.39, 0.29) is 11.8 Å². The van der Waals surface area contributed by atoms with Gasteiger partial charge in [-0.15, -0.1) is 0 Å². The van der Waals surface area contributed by atoms with Crippen LogP contribution in [0.4, 0.5) is 17.2 Å². The highest BCUT2D eigenvalue weighted by atomic mass is 16.2. The minimum absolute atomic E-state index is 0.0133. The van der Waals surface area contributed by atoms with Gasteiger partial charge in [-0.1, -0.05) is 12.1 Å². The number of hydrogen-bond donors (Lipinski definition) is 1. The van der Waals surface area contributed by atoms with Gasteiger partial charge in [0.2, 0.25) is 5.91 Å². The number of anilines is 3. The number of rotatable bonds is 2. The van der Waals surface area contributed by atoms with Crippen molar-refractivity contribution >= 4 is 29.0 Å². The average Bonchev–Trinajstić information content (AvgIpc) is 2.79. The molecule has 2 atom stereocenters. The van der Waals surface area contributed by atoms with E-state index in [1.165, 1.54) is 0 Å². The number of hydrogen-bond acceptors (Lipinski definition) is 4. The minimum atomic E-state index is -0.219. The summed E-state index contributed by atoms with van der Waals surface area (Å²) in [6.07, 6.45) is 4.12. The van der Waals surface area contributed by atoms with Gasteiger partial charge in [0.05, 0.1) is 16.9 Å². The van der Waals surface area contributed by atoms with Gasteiger partial charge in [-0.25, -0.2) is 4.98 Å². The lowest BCUT2D eigenvalue weighted by molar-refractivity contribution is -0.119. The first-order chi connectivity index (χ1) is 13.0. The highest BCUT2D eigenvalue weighted by Gasteiger charge is 2.32. The molecule has 0 bridgehead atoms. The molecule has 1 saturated heterocycles. The van der Waals surface area contributed by atoms with Crippen molar-refractivity contribution in [3.05, 3.63) is 48.2 Å². The first-order valence-corrected chi connectivity index (χ1v) is 9.43. The Balaban J connectivity index is 1.70. The summed E-state index contributed by atoms with van der Waals surface area (Å²) in [5.74, 6) is 0.598. The number of nitrogens with zero attached hydrogens (tertiary/aromatic N) is 3. The van der Waals surface area contributed by atoms with Crippen molar-refractivity contribution in [3.8, 4) is 0 Å². The van der Waals surface area contributed by atoms with E-state index in [9.17, 15) is 9.59 Å². The topological polar surface area (TPSA) is 65.5 Å². The number of para-hydroxylation sites is 1. The van der Waals surface area contributed by atoms with Crippen LogP contribution in [0.25, 0.3) is 0 Å². The van der Waals surface area contributed by atoms with E-state index in [1.54, 1.807) is 29.3 Å². The lowest BCUT2D eigenvalue weighted by Crippen LogP contribution is -2.39. The van der Waals surface area contributed by atoms with Crippen LogP contribution in [-0.2, 0) is 4.79 Å². The number of aromatic nitrogens is 1. The maximum Gasteiger partial charge on any atom is 0.257 e. The van der Waals surface area contributed by atoms with E-state index in [4.69, 9.17) is 0 Å². The Bertz CT molecular complexity index is 882. The molecule has 4 rings (SSSR count). The van der Waals surface area contributed by atoms with Crippen LogP contribution >= 0.6 is 0 Å². The largest absolute Gasteiger partial charge is 0.319 e. The number of likely N-dealkylation sites (tertiary alicyclic amines) is 1. The van der Waals surface area contributed by atoms with E-state index in [0.29, 0.717) is 41.1 Å². The molecule has 2 aliphatic rings. The second kappa shape index (κ2) is 7.12. The summed E-state index contributed by atoms with van der Waals surface area (Å²) >= 11 is 0. The van der Waals surface area contributed by atoms with Gasteiger partial charge in [0, 0.05) is 18.7 Å². The molecule has 2 aromatic rings. The molecular formula is C21H24N4O2. The molecule has 27 heavy (non-hydrogen) atoms. The first-order valence-electron chi connectivity index (χ1n) is 9.43. The van der Waals surface area contributed by atoms with E-state index in [0.717, 1.165) is 19.4 Å². The predicted octanol–water partition coefficient (Wildman–Crippen LogP) is 3.43. The zero-order valence-corrected chi connectivity index (χ0v) is 15.7. The van der Waals surface area contributed by atoms with Crippen molar-refractivity contribution in [3.63, 3.8) is 0 Å². The highest BCUT2D eigenvalue weighted by molar-refractivity contribution is 6.17. The fraction of sp³-hybridized carbons (Fsp3) is 0.381. The number of nitrogens with one attached hydrogen (secondary N) is 1. The Kier molecular flexibility index (Phi) is 4.66. The Hall–Kier alpha value is -2.73. The van der Waals surface area contributed by atoms with Crippen LogP contribution in [0.2, 0.25) is 0 Å². The van der Waals surface area contributed by atoms with Crippen LogP contribution in [0.1, 0.15) is 36.5 Å². The van der Waals surface area contributed by atoms with E-state index in [2.05, 4.69) is 29.2 Å². The van der Waals surface area contributed by atoms with Crippen LogP contribution in [0.15, 0.2) is 42.6 Å². The fourth-order valence-electron chi connectivity index (χ4n) is 4.00. The molecule has 0 radical (unpaired) electrons. The third-order valence-corrected chi connectivity index (χ3v) is 5.67. The highest BCUT2D eigenvalue weighted by Crippen LogP contribution is 2.37. The number of pyridine rings is 1. The molecule has 3 heterocycles. The summed E-state index contributed by atoms with van der Waals surface area (Å²) in [5, 5.41) is 2.88. The Morgan fingerprint density at radius 2 is 2.07 bits per heavy atom. The van der Waals surface area contributed by atoms with Gasteiger partial charge in [0.15, 0.2) is 5.82 Å². The van der Waals surface area contributed by atoms with Gasteiger partial charge >= 0.3 is 0 Å². The van der Waals surface area contributed by atoms with E-state index >= 15 is 0 Å². The zero-order valence-electron chi connectivity index (χ0n) is 15.7. The summed E-state index contributed by atoms with van der Waals surface area (Å²) in [4.78, 5) is 34.4. The molecule has 1 aromatic heterocycles. The van der Waals surface area contributed by atoms with Crippen molar-refractivity contribution < 1.29 is 9.59 Å². The van der Waals surface area contributed by atoms with E-state index in [1.807, 2.05) is 18.2 Å². The smallest absolute Gasteiger partial charge is 0.257 e. The Morgan fingerprint density at radius 3 is 2.89 bits per heavy atom. The minimum Gasteiger partial charge on any atom is -0.319 e. The summed E-state index contributed by atoms with van der Waals surface area (Å²) in [6, 6.07) is 11.2. The standard InChI is InChI=1S/C21H24N4O2/c1-14-12-15(9-11-24(14)2)13-19(26)25-18-8-4-3-6-16(18)21(27)23-17-7-5-10-22-20(17)25/h3-8,10,14-15H,9,11-13H2,1-2H3,(H,23,27)/t14-,15-/m1/s1. The summed E-state index contributed by atoms with van der Waals surface area (Å²) < 4.78 is 0. The van der Waals surface area contributed by atoms with Crippen LogP contribution in [0, 0.1) is 5.92 Å². The second-order valence-corrected chi connectivity index (χ2v) is 7.50. The van der Waals surface area contributed by atoms with Gasteiger partial charge in [-0.2, -0.15) is 0 Å². The predicted molar refractivity (Wildman–Crippen MR) is 105 cm³/mol. The first kappa shape index (κ1) is 17.7. The third-order valence-electron chi connectivity index (χ3n) is 5.67. The summed E-state index contributed by atoms with van der Waals surface area (Å²) in [5.41, 5.74) is 1.64. The zero-order chi connectivity index (χ0) is 19.0. The molecule has 1 aromatic carbocycles. The lowest BCUT2D eigenvalue weighted by Gasteiger charge is -2.35. The maximum atomic E-state index is 13.4. The Morgan fingerprint density at radius 1 is 1.26 bits per heavy atom. The SMILES string of the molecule is C[C@@H]1C[C@H](CC(=O)N2c3ccccc3C(=O)Nc3cccnc32)CCN1C. The molecule has 0 aliphatic carbocycles. The number of benzene rings is 1. The number of carbonyl (C=O) groups is 2. The van der Waals surface area contributed by atoms with Crippen LogP contribution in [0.5, 0.6) is 0 Å². The molecular weight excluding hydrogens is 340 g/mol. The van der Waals surface area contributed by atoms with Crippen LogP contribution < -0.4 is 10.2 Å². The van der Waals surface area contributed by atoms with Crippen LogP contribution in [-0.4, -0.2) is 41.3 Å². The molecule has 0 spiro atoms. The van der Waals surface area contributed by atoms with Gasteiger partial charge in [-0.3, -0.25) is 14.5 Å². The summed E-state index contributed by atoms with van der Waals surface area (Å²) in [7, 11) is 2.13. The van der Waals surface area contributed by atoms with Crippen molar-refractivity contribution in [2.75, 3.05) is 23.8 Å². The lowest BCUT2D eigenvalue weighted by atomic mass is 9.89. The summed E-state index contributed by atoms with van der Waals surface area (Å²) in [6.45, 7) is 3.21. The quantitative estimate of drug-likeness (QED) is 0.887. The average molecular weight is 364 g/mol. The molecule has 2 aliphatic heterocycles. The van der Waals surface area contributed by atoms with Crippen molar-refractivity contribution in [2.45, 2.75) is 32.2 Å². The number of carbonyl (C=O) groups excluding carboxylic acids is 2. The van der Waals surface area contributed by atoms with Gasteiger partial charge < -0.3 is 10.2 Å². The molecule has 0 unspecified atom stereocenters. The molecule has 140 valence electrons. The maximum absolute atomic E-state index is 13.4. The molecule has 1 N–H and O–H groups in total. The Labute approximate surface area is 159 Å². The monoisotopic (exact) mass is 364 g/mol. The van der Waals surface area contributed by atoms with Crippen molar-refractivity contribution in [1.82, 2.24) is 9.88 Å². The van der Waals surface area contributed by atoms with Crippen LogP contribution in [0.3, 0.4) is 0 Å². The van der Waals surface area contributed by atoms with Crippen molar-refractivity contribution in [2.24, 2.45) is 5.92 Å². The normalized spacial score (nSPS) is 22.4. The third kappa shape index (κ3) is 3.32. The fourth-order valence-corrected chi connectivity index (χ4v) is 4.00. The molecule has 6 nitrogen and oxygen atoms in total. The number of amides is 2. The molecule has 6 heteroatoms. The van der Waals surface area contributed by atoms with Gasteiger partial charge in [-0.05, 0) is 63.5 Å².